The molecule has 32 heavy (non-hydrogen) atoms. The Morgan fingerprint density at radius 1 is 1.03 bits per heavy atom. The van der Waals surface area contributed by atoms with Crippen LogP contribution in [0.25, 0.3) is 0 Å². The lowest BCUT2D eigenvalue weighted by Crippen LogP contribution is -2.54. The number of guanidine groups is 1. The van der Waals surface area contributed by atoms with Gasteiger partial charge in [0.2, 0.25) is 11.7 Å². The Hall–Kier alpha value is -2.68. The van der Waals surface area contributed by atoms with Crippen LogP contribution in [-0.4, -0.2) is 89.3 Å². The molecule has 0 unspecified atom stereocenters. The van der Waals surface area contributed by atoms with Crippen molar-refractivity contribution in [1.82, 2.24) is 20.4 Å². The Labute approximate surface area is 192 Å². The van der Waals surface area contributed by atoms with Crippen LogP contribution in [0.2, 0.25) is 0 Å². The van der Waals surface area contributed by atoms with Gasteiger partial charge in [-0.1, -0.05) is 0 Å². The minimum atomic E-state index is -0.514. The largest absolute Gasteiger partial charge is 0.493 e. The van der Waals surface area contributed by atoms with Crippen LogP contribution in [0, 0.1) is 5.41 Å². The molecule has 180 valence electrons. The van der Waals surface area contributed by atoms with Gasteiger partial charge in [0.1, 0.15) is 0 Å². The van der Waals surface area contributed by atoms with E-state index in [1.165, 1.54) is 0 Å². The first-order valence-corrected chi connectivity index (χ1v) is 11.0. The number of nitrogens with one attached hydrogen (secondary N) is 2. The van der Waals surface area contributed by atoms with Gasteiger partial charge in [-0.05, 0) is 38.5 Å². The Balaban J connectivity index is 1.94. The van der Waals surface area contributed by atoms with E-state index in [2.05, 4.69) is 25.4 Å². The van der Waals surface area contributed by atoms with Crippen molar-refractivity contribution in [2.75, 3.05) is 67.6 Å². The van der Waals surface area contributed by atoms with Gasteiger partial charge in [0.25, 0.3) is 0 Å². The van der Waals surface area contributed by atoms with Gasteiger partial charge in [-0.15, -0.1) is 0 Å². The van der Waals surface area contributed by atoms with E-state index >= 15 is 0 Å². The van der Waals surface area contributed by atoms with E-state index < -0.39 is 5.41 Å². The summed E-state index contributed by atoms with van der Waals surface area (Å²) in [6.07, 6.45) is 0. The van der Waals surface area contributed by atoms with Crippen LogP contribution in [0.15, 0.2) is 17.1 Å². The number of rotatable bonds is 9. The highest BCUT2D eigenvalue weighted by Gasteiger charge is 2.28. The maximum atomic E-state index is 12.3. The molecular formula is C23H39N5O4. The SMILES string of the molecule is CCNC(=O)C(C)(C)CNC(=NC)N1CCN(Cc2cc(OC)c(OC)c(OC)c2)CC1. The summed E-state index contributed by atoms with van der Waals surface area (Å²) in [6, 6.07) is 4.00. The molecule has 9 heteroatoms. The molecule has 1 aromatic carbocycles. The van der Waals surface area contributed by atoms with Gasteiger partial charge >= 0.3 is 0 Å². The summed E-state index contributed by atoms with van der Waals surface area (Å²) in [6.45, 7) is 11.3. The molecule has 2 N–H and O–H groups in total. The van der Waals surface area contributed by atoms with E-state index in [9.17, 15) is 4.79 Å². The first kappa shape index (κ1) is 25.6. The van der Waals surface area contributed by atoms with Gasteiger partial charge in [0, 0.05) is 52.9 Å². The highest BCUT2D eigenvalue weighted by atomic mass is 16.5. The fourth-order valence-electron chi connectivity index (χ4n) is 3.72. The number of methoxy groups -OCH3 is 3. The number of piperazine rings is 1. The predicted octanol–water partition coefficient (Wildman–Crippen LogP) is 1.57. The first-order valence-electron chi connectivity index (χ1n) is 11.0. The topological polar surface area (TPSA) is 87.7 Å². The van der Waals surface area contributed by atoms with Crippen molar-refractivity contribution in [3.8, 4) is 17.2 Å². The summed E-state index contributed by atoms with van der Waals surface area (Å²) in [5.74, 6) is 2.81. The third kappa shape index (κ3) is 6.41. The number of carbonyl (C=O) groups excluding carboxylic acids is 1. The van der Waals surface area contributed by atoms with Gasteiger partial charge in [-0.2, -0.15) is 0 Å². The van der Waals surface area contributed by atoms with Crippen molar-refractivity contribution in [3.05, 3.63) is 17.7 Å². The highest BCUT2D eigenvalue weighted by molar-refractivity contribution is 5.84. The average molecular weight is 450 g/mol. The molecule has 1 saturated heterocycles. The molecule has 0 aliphatic carbocycles. The van der Waals surface area contributed by atoms with Gasteiger partial charge in [0.15, 0.2) is 17.5 Å². The lowest BCUT2D eigenvalue weighted by atomic mass is 9.92. The Morgan fingerprint density at radius 2 is 1.62 bits per heavy atom. The van der Waals surface area contributed by atoms with Gasteiger partial charge < -0.3 is 29.7 Å². The van der Waals surface area contributed by atoms with Crippen LogP contribution in [-0.2, 0) is 11.3 Å². The van der Waals surface area contributed by atoms with Crippen molar-refractivity contribution < 1.29 is 19.0 Å². The van der Waals surface area contributed by atoms with E-state index in [4.69, 9.17) is 14.2 Å². The number of nitrogens with zero attached hydrogens (tertiary/aromatic N) is 3. The fraction of sp³-hybridized carbons (Fsp3) is 0.652. The third-order valence-corrected chi connectivity index (χ3v) is 5.65. The standard InChI is InChI=1S/C23H39N5O4/c1-8-25-21(29)23(2,3)16-26-22(24-4)28-11-9-27(10-12-28)15-17-13-18(30-5)20(32-7)19(14-17)31-6/h13-14H,8-12,15-16H2,1-7H3,(H,24,26)(H,25,29). The molecule has 0 saturated carbocycles. The summed E-state index contributed by atoms with van der Waals surface area (Å²) in [5, 5.41) is 6.27. The van der Waals surface area contributed by atoms with Crippen molar-refractivity contribution in [2.45, 2.75) is 27.3 Å². The second kappa shape index (κ2) is 11.8. The molecule has 0 aromatic heterocycles. The van der Waals surface area contributed by atoms with Crippen molar-refractivity contribution in [2.24, 2.45) is 10.4 Å². The molecule has 0 radical (unpaired) electrons. The molecule has 1 aliphatic rings. The van der Waals surface area contributed by atoms with Crippen molar-refractivity contribution in [1.29, 1.82) is 0 Å². The van der Waals surface area contributed by atoms with E-state index in [1.54, 1.807) is 28.4 Å². The quantitative estimate of drug-likeness (QED) is 0.437. The molecule has 1 amide bonds. The lowest BCUT2D eigenvalue weighted by Gasteiger charge is -2.37. The maximum Gasteiger partial charge on any atom is 0.227 e. The van der Waals surface area contributed by atoms with Gasteiger partial charge in [-0.25, -0.2) is 0 Å². The van der Waals surface area contributed by atoms with E-state index in [-0.39, 0.29) is 5.91 Å². The summed E-state index contributed by atoms with van der Waals surface area (Å²) in [4.78, 5) is 21.3. The maximum absolute atomic E-state index is 12.3. The number of aliphatic imine (C=N–C) groups is 1. The Morgan fingerprint density at radius 3 is 2.09 bits per heavy atom. The second-order valence-electron chi connectivity index (χ2n) is 8.44. The predicted molar refractivity (Wildman–Crippen MR) is 127 cm³/mol. The lowest BCUT2D eigenvalue weighted by molar-refractivity contribution is -0.128. The second-order valence-corrected chi connectivity index (χ2v) is 8.44. The van der Waals surface area contributed by atoms with E-state index in [0.717, 1.165) is 44.2 Å². The van der Waals surface area contributed by atoms with Crippen LogP contribution < -0.4 is 24.8 Å². The molecule has 0 atom stereocenters. The van der Waals surface area contributed by atoms with Crippen LogP contribution in [0.3, 0.4) is 0 Å². The molecular weight excluding hydrogens is 410 g/mol. The average Bonchev–Trinajstić information content (AvgIpc) is 2.79. The molecule has 0 spiro atoms. The Kier molecular flexibility index (Phi) is 9.43. The minimum Gasteiger partial charge on any atom is -0.493 e. The zero-order valence-corrected chi connectivity index (χ0v) is 20.6. The van der Waals surface area contributed by atoms with Crippen LogP contribution >= 0.6 is 0 Å². The van der Waals surface area contributed by atoms with Crippen molar-refractivity contribution in [3.63, 3.8) is 0 Å². The molecule has 1 aromatic rings. The van der Waals surface area contributed by atoms with Crippen LogP contribution in [0.1, 0.15) is 26.3 Å². The highest BCUT2D eigenvalue weighted by Crippen LogP contribution is 2.38. The molecule has 2 rings (SSSR count). The number of carbonyl (C=O) groups is 1. The monoisotopic (exact) mass is 449 g/mol. The van der Waals surface area contributed by atoms with Crippen molar-refractivity contribution >= 4 is 11.9 Å². The smallest absolute Gasteiger partial charge is 0.227 e. The summed E-state index contributed by atoms with van der Waals surface area (Å²) < 4.78 is 16.4. The van der Waals surface area contributed by atoms with Gasteiger partial charge in [0.05, 0.1) is 26.7 Å². The summed E-state index contributed by atoms with van der Waals surface area (Å²) >= 11 is 0. The van der Waals surface area contributed by atoms with E-state index in [1.807, 2.05) is 32.9 Å². The molecule has 1 heterocycles. The van der Waals surface area contributed by atoms with Gasteiger partial charge in [-0.3, -0.25) is 14.7 Å². The third-order valence-electron chi connectivity index (χ3n) is 5.65. The van der Waals surface area contributed by atoms with E-state index in [0.29, 0.717) is 30.3 Å². The molecule has 9 nitrogen and oxygen atoms in total. The molecule has 1 fully saturated rings. The number of benzene rings is 1. The Bertz CT molecular complexity index is 764. The zero-order valence-electron chi connectivity index (χ0n) is 20.6. The number of amides is 1. The summed E-state index contributed by atoms with van der Waals surface area (Å²) in [7, 11) is 6.65. The molecule has 0 bridgehead atoms. The minimum absolute atomic E-state index is 0.0399. The zero-order chi connectivity index (χ0) is 23.7. The molecule has 1 aliphatic heterocycles. The number of hydrogen-bond donors (Lipinski definition) is 2. The summed E-state index contributed by atoms with van der Waals surface area (Å²) in [5.41, 5.74) is 0.597. The number of hydrogen-bond acceptors (Lipinski definition) is 6. The normalized spacial score (nSPS) is 15.3. The van der Waals surface area contributed by atoms with Crippen LogP contribution in [0.4, 0.5) is 0 Å². The number of ether oxygens (including phenoxy) is 3. The van der Waals surface area contributed by atoms with Crippen LogP contribution in [0.5, 0.6) is 17.2 Å². The fourth-order valence-corrected chi connectivity index (χ4v) is 3.72. The first-order chi connectivity index (χ1) is 15.3.